The number of carbonyl (C=O) groups is 1. The fourth-order valence-corrected chi connectivity index (χ4v) is 0.995. The van der Waals surface area contributed by atoms with Gasteiger partial charge in [-0.05, 0) is 0 Å². The Bertz CT molecular complexity index is 137. The summed E-state index contributed by atoms with van der Waals surface area (Å²) in [7, 11) is 0. The van der Waals surface area contributed by atoms with Crippen LogP contribution in [-0.2, 0) is 4.79 Å². The standard InChI is InChI=1S/C3H2Br2ClNO/c4-3(5)1(6)7-2(3)8/h1H,(H,7,8). The molecule has 2 nitrogen and oxygen atoms in total. The molecule has 1 fully saturated rings. The molecule has 1 rings (SSSR count). The number of nitrogens with one attached hydrogen (secondary N) is 1. The largest absolute Gasteiger partial charge is 0.335 e. The molecule has 0 aromatic rings. The van der Waals surface area contributed by atoms with Gasteiger partial charge in [0.25, 0.3) is 5.91 Å². The van der Waals surface area contributed by atoms with E-state index in [-0.39, 0.29) is 11.4 Å². The van der Waals surface area contributed by atoms with E-state index in [0.717, 1.165) is 0 Å². The summed E-state index contributed by atoms with van der Waals surface area (Å²) in [6.45, 7) is 0. The first-order valence-electron chi connectivity index (χ1n) is 1.88. The van der Waals surface area contributed by atoms with E-state index in [1.165, 1.54) is 0 Å². The first kappa shape index (κ1) is 6.83. The van der Waals surface area contributed by atoms with Crippen LogP contribution in [0.3, 0.4) is 0 Å². The van der Waals surface area contributed by atoms with Crippen molar-refractivity contribution in [1.82, 2.24) is 5.32 Å². The van der Waals surface area contributed by atoms with Gasteiger partial charge in [0, 0.05) is 0 Å². The minimum atomic E-state index is -0.721. The van der Waals surface area contributed by atoms with Crippen LogP contribution >= 0.6 is 43.5 Å². The molecule has 1 N–H and O–H groups in total. The molecule has 0 spiro atoms. The van der Waals surface area contributed by atoms with Crippen LogP contribution in [0.25, 0.3) is 0 Å². The van der Waals surface area contributed by atoms with Crippen LogP contribution in [0.1, 0.15) is 0 Å². The molecule has 46 valence electrons. The van der Waals surface area contributed by atoms with Gasteiger partial charge in [-0.1, -0.05) is 43.5 Å². The second kappa shape index (κ2) is 1.85. The van der Waals surface area contributed by atoms with E-state index < -0.39 is 3.23 Å². The highest BCUT2D eigenvalue weighted by Gasteiger charge is 2.50. The van der Waals surface area contributed by atoms with E-state index >= 15 is 0 Å². The number of β-lactam (4-membered cyclic amide) rings is 1. The Labute approximate surface area is 68.2 Å². The van der Waals surface area contributed by atoms with Gasteiger partial charge in [-0.2, -0.15) is 0 Å². The normalized spacial score (nSPS) is 33.4. The van der Waals surface area contributed by atoms with E-state index in [4.69, 9.17) is 11.6 Å². The summed E-state index contributed by atoms with van der Waals surface area (Å²) in [6, 6.07) is 0. The van der Waals surface area contributed by atoms with E-state index in [1.807, 2.05) is 0 Å². The smallest absolute Gasteiger partial charge is 0.252 e. The van der Waals surface area contributed by atoms with Crippen LogP contribution < -0.4 is 5.32 Å². The minimum absolute atomic E-state index is 0.127. The lowest BCUT2D eigenvalue weighted by molar-refractivity contribution is -0.126. The third-order valence-electron chi connectivity index (χ3n) is 0.879. The van der Waals surface area contributed by atoms with E-state index in [0.29, 0.717) is 0 Å². The Morgan fingerprint density at radius 3 is 2.25 bits per heavy atom. The molecule has 0 bridgehead atoms. The number of alkyl halides is 3. The van der Waals surface area contributed by atoms with Gasteiger partial charge in [0.2, 0.25) is 0 Å². The number of carbonyl (C=O) groups excluding carboxylic acids is 1. The van der Waals surface area contributed by atoms with Gasteiger partial charge >= 0.3 is 0 Å². The van der Waals surface area contributed by atoms with Crippen LogP contribution in [0, 0.1) is 0 Å². The van der Waals surface area contributed by atoms with Gasteiger partial charge in [-0.15, -0.1) is 0 Å². The Hall–Kier alpha value is 0.720. The van der Waals surface area contributed by atoms with Crippen molar-refractivity contribution in [1.29, 1.82) is 0 Å². The second-order valence-electron chi connectivity index (χ2n) is 1.46. The molecular formula is C3H2Br2ClNO. The van der Waals surface area contributed by atoms with Crippen molar-refractivity contribution in [2.75, 3.05) is 0 Å². The second-order valence-corrected chi connectivity index (χ2v) is 5.46. The summed E-state index contributed by atoms with van der Waals surface area (Å²) in [5.41, 5.74) is -0.338. The van der Waals surface area contributed by atoms with Gasteiger partial charge in [-0.3, -0.25) is 4.79 Å². The minimum Gasteiger partial charge on any atom is -0.335 e. The van der Waals surface area contributed by atoms with Crippen LogP contribution in [-0.4, -0.2) is 14.6 Å². The van der Waals surface area contributed by atoms with Crippen molar-refractivity contribution in [3.05, 3.63) is 0 Å². The first-order valence-corrected chi connectivity index (χ1v) is 3.90. The van der Waals surface area contributed by atoms with E-state index in [2.05, 4.69) is 37.2 Å². The molecule has 1 heterocycles. The summed E-state index contributed by atoms with van der Waals surface area (Å²) in [5.74, 6) is -0.127. The fourth-order valence-electron chi connectivity index (χ4n) is 0.339. The number of amides is 1. The molecule has 1 amide bonds. The van der Waals surface area contributed by atoms with E-state index in [9.17, 15) is 4.79 Å². The summed E-state index contributed by atoms with van der Waals surface area (Å²) in [4.78, 5) is 10.5. The lowest BCUT2D eigenvalue weighted by atomic mass is 10.3. The van der Waals surface area contributed by atoms with Crippen LogP contribution in [0.2, 0.25) is 0 Å². The zero-order valence-electron chi connectivity index (χ0n) is 3.62. The summed E-state index contributed by atoms with van der Waals surface area (Å²) < 4.78 is -0.721. The first-order chi connectivity index (χ1) is 3.55. The van der Waals surface area contributed by atoms with Crippen LogP contribution in [0.15, 0.2) is 0 Å². The van der Waals surface area contributed by atoms with Crippen molar-refractivity contribution in [3.8, 4) is 0 Å². The molecule has 1 saturated heterocycles. The maximum absolute atomic E-state index is 10.5. The molecule has 1 aliphatic heterocycles. The predicted octanol–water partition coefficient (Wildman–Crippen LogP) is 1.17. The lowest BCUT2D eigenvalue weighted by Crippen LogP contribution is -2.62. The van der Waals surface area contributed by atoms with Crippen LogP contribution in [0.4, 0.5) is 0 Å². The summed E-state index contributed by atoms with van der Waals surface area (Å²) in [6.07, 6.45) is 0. The number of hydrogen-bond acceptors (Lipinski definition) is 1. The molecule has 8 heavy (non-hydrogen) atoms. The van der Waals surface area contributed by atoms with Gasteiger partial charge in [-0.25, -0.2) is 0 Å². The Kier molecular flexibility index (Phi) is 1.58. The molecule has 1 aliphatic rings. The molecule has 0 aromatic heterocycles. The third kappa shape index (κ3) is 0.786. The highest BCUT2D eigenvalue weighted by molar-refractivity contribution is 9.26. The molecule has 0 aliphatic carbocycles. The van der Waals surface area contributed by atoms with Crippen LogP contribution in [0.5, 0.6) is 0 Å². The highest BCUT2D eigenvalue weighted by atomic mass is 79.9. The lowest BCUT2D eigenvalue weighted by Gasteiger charge is -2.35. The molecule has 1 atom stereocenters. The van der Waals surface area contributed by atoms with Crippen molar-refractivity contribution < 1.29 is 4.79 Å². The predicted molar refractivity (Wildman–Crippen MR) is 38.4 cm³/mol. The van der Waals surface area contributed by atoms with Crippen molar-refractivity contribution in [2.24, 2.45) is 0 Å². The zero-order valence-corrected chi connectivity index (χ0v) is 7.55. The van der Waals surface area contributed by atoms with Crippen molar-refractivity contribution in [2.45, 2.75) is 8.73 Å². The Morgan fingerprint density at radius 1 is 1.75 bits per heavy atom. The molecule has 5 heteroatoms. The molecule has 0 aromatic carbocycles. The van der Waals surface area contributed by atoms with Crippen molar-refractivity contribution >= 4 is 49.4 Å². The topological polar surface area (TPSA) is 29.1 Å². The molecular weight excluding hydrogens is 261 g/mol. The van der Waals surface area contributed by atoms with Gasteiger partial charge in [0.05, 0.1) is 0 Å². The maximum atomic E-state index is 10.5. The number of halogens is 3. The summed E-state index contributed by atoms with van der Waals surface area (Å²) in [5, 5.41) is 2.43. The third-order valence-corrected chi connectivity index (χ3v) is 3.48. The summed E-state index contributed by atoms with van der Waals surface area (Å²) >= 11 is 11.6. The van der Waals surface area contributed by atoms with Gasteiger partial charge in [0.1, 0.15) is 5.50 Å². The quantitative estimate of drug-likeness (QED) is 0.397. The average molecular weight is 263 g/mol. The Balaban J connectivity index is 2.66. The number of rotatable bonds is 0. The highest BCUT2D eigenvalue weighted by Crippen LogP contribution is 2.38. The fraction of sp³-hybridized carbons (Fsp3) is 0.667. The van der Waals surface area contributed by atoms with Gasteiger partial charge < -0.3 is 5.32 Å². The average Bonchev–Trinajstić information content (AvgIpc) is 1.68. The monoisotopic (exact) mass is 261 g/mol. The molecule has 1 unspecified atom stereocenters. The van der Waals surface area contributed by atoms with E-state index in [1.54, 1.807) is 0 Å². The van der Waals surface area contributed by atoms with Crippen molar-refractivity contribution in [3.63, 3.8) is 0 Å². The number of hydrogen-bond donors (Lipinski definition) is 1. The Morgan fingerprint density at radius 2 is 2.25 bits per heavy atom. The SMILES string of the molecule is O=C1NC(Cl)C1(Br)Br. The zero-order chi connectivity index (χ0) is 6.36. The molecule has 0 saturated carbocycles. The van der Waals surface area contributed by atoms with Gasteiger partial charge in [0.15, 0.2) is 3.23 Å². The molecule has 0 radical (unpaired) electrons. The maximum Gasteiger partial charge on any atom is 0.252 e.